The van der Waals surface area contributed by atoms with Crippen molar-refractivity contribution in [3.63, 3.8) is 0 Å². The van der Waals surface area contributed by atoms with Crippen molar-refractivity contribution in [2.75, 3.05) is 6.54 Å². The summed E-state index contributed by atoms with van der Waals surface area (Å²) in [6.45, 7) is 4.93. The minimum Gasteiger partial charge on any atom is -0.350 e. The molecule has 2 saturated heterocycles. The fourth-order valence-electron chi connectivity index (χ4n) is 6.41. The molecule has 4 rings (SSSR count). The van der Waals surface area contributed by atoms with E-state index in [1.54, 1.807) is 20.8 Å². The van der Waals surface area contributed by atoms with Crippen LogP contribution in [0.2, 0.25) is 0 Å². The van der Waals surface area contributed by atoms with E-state index in [0.29, 0.717) is 12.8 Å². The number of amides is 4. The van der Waals surface area contributed by atoms with Crippen LogP contribution < -0.4 is 16.0 Å². The third-order valence-electron chi connectivity index (χ3n) is 8.69. The molecule has 0 aromatic rings. The Morgan fingerprint density at radius 2 is 1.74 bits per heavy atom. The SMILES string of the molecule is C#CC(CC1CC2(CC2)NC1=O)NC(=O)C1CC2(CCCC2)CN1C(=O)C(NC(=O)C(F)(F)F)C(C)(C)C. The van der Waals surface area contributed by atoms with Crippen molar-refractivity contribution in [2.45, 2.75) is 108 Å². The van der Waals surface area contributed by atoms with Gasteiger partial charge in [0.05, 0.1) is 6.04 Å². The number of carbonyl (C=O) groups is 4. The summed E-state index contributed by atoms with van der Waals surface area (Å²) in [5.41, 5.74) is -1.47. The van der Waals surface area contributed by atoms with Crippen LogP contribution in [-0.2, 0) is 19.2 Å². The fraction of sp³-hybridized carbons (Fsp3) is 0.778. The van der Waals surface area contributed by atoms with Crippen LogP contribution in [0.5, 0.6) is 0 Å². The molecule has 2 saturated carbocycles. The molecule has 4 aliphatic rings. The Hall–Kier alpha value is -2.77. The van der Waals surface area contributed by atoms with Crippen LogP contribution in [0.4, 0.5) is 13.2 Å². The number of hydrogen-bond acceptors (Lipinski definition) is 4. The largest absolute Gasteiger partial charge is 0.471 e. The molecule has 0 aromatic carbocycles. The lowest BCUT2D eigenvalue weighted by atomic mass is 9.83. The zero-order valence-electron chi connectivity index (χ0n) is 22.2. The zero-order chi connectivity index (χ0) is 28.1. The summed E-state index contributed by atoms with van der Waals surface area (Å²) >= 11 is 0. The van der Waals surface area contributed by atoms with E-state index in [1.165, 1.54) is 4.90 Å². The van der Waals surface area contributed by atoms with Crippen LogP contribution in [0.25, 0.3) is 0 Å². The summed E-state index contributed by atoms with van der Waals surface area (Å²) in [6.07, 6.45) is 7.23. The van der Waals surface area contributed by atoms with Crippen LogP contribution in [0.3, 0.4) is 0 Å². The molecular formula is C27H37F3N4O4. The highest BCUT2D eigenvalue weighted by Crippen LogP contribution is 2.49. The molecule has 2 aliphatic carbocycles. The monoisotopic (exact) mass is 538 g/mol. The first kappa shape index (κ1) is 28.2. The van der Waals surface area contributed by atoms with E-state index in [2.05, 4.69) is 16.6 Å². The molecule has 4 fully saturated rings. The Morgan fingerprint density at radius 3 is 2.24 bits per heavy atom. The van der Waals surface area contributed by atoms with Gasteiger partial charge in [-0.15, -0.1) is 6.42 Å². The summed E-state index contributed by atoms with van der Waals surface area (Å²) in [7, 11) is 0. The van der Waals surface area contributed by atoms with Gasteiger partial charge in [0.15, 0.2) is 0 Å². The Bertz CT molecular complexity index is 1030. The van der Waals surface area contributed by atoms with Crippen molar-refractivity contribution in [1.29, 1.82) is 0 Å². The molecule has 2 aliphatic heterocycles. The lowest BCUT2D eigenvalue weighted by molar-refractivity contribution is -0.176. The molecule has 8 nitrogen and oxygen atoms in total. The highest BCUT2D eigenvalue weighted by molar-refractivity contribution is 5.94. The number of nitrogens with one attached hydrogen (secondary N) is 3. The van der Waals surface area contributed by atoms with Crippen molar-refractivity contribution in [1.82, 2.24) is 20.9 Å². The molecule has 210 valence electrons. The number of halogens is 3. The molecule has 0 radical (unpaired) electrons. The van der Waals surface area contributed by atoms with Gasteiger partial charge < -0.3 is 20.9 Å². The van der Waals surface area contributed by atoms with Crippen molar-refractivity contribution < 1.29 is 32.3 Å². The molecule has 2 heterocycles. The van der Waals surface area contributed by atoms with Crippen molar-refractivity contribution in [2.24, 2.45) is 16.7 Å². The third kappa shape index (κ3) is 5.79. The molecule has 38 heavy (non-hydrogen) atoms. The van der Waals surface area contributed by atoms with E-state index in [1.807, 2.05) is 5.32 Å². The van der Waals surface area contributed by atoms with Gasteiger partial charge in [0.2, 0.25) is 17.7 Å². The highest BCUT2D eigenvalue weighted by Gasteiger charge is 2.54. The maximum Gasteiger partial charge on any atom is 0.471 e. The van der Waals surface area contributed by atoms with Gasteiger partial charge in [-0.3, -0.25) is 19.2 Å². The summed E-state index contributed by atoms with van der Waals surface area (Å²) in [4.78, 5) is 52.8. The van der Waals surface area contributed by atoms with E-state index < -0.39 is 47.4 Å². The smallest absolute Gasteiger partial charge is 0.350 e. The first-order valence-electron chi connectivity index (χ1n) is 13.3. The van der Waals surface area contributed by atoms with Gasteiger partial charge in [-0.2, -0.15) is 13.2 Å². The first-order chi connectivity index (χ1) is 17.6. The van der Waals surface area contributed by atoms with E-state index in [4.69, 9.17) is 6.42 Å². The summed E-state index contributed by atoms with van der Waals surface area (Å²) < 4.78 is 39.2. The van der Waals surface area contributed by atoms with Gasteiger partial charge in [0, 0.05) is 18.0 Å². The maximum atomic E-state index is 13.7. The molecule has 11 heteroatoms. The first-order valence-corrected chi connectivity index (χ1v) is 13.3. The molecule has 4 atom stereocenters. The number of carbonyl (C=O) groups excluding carboxylic acids is 4. The van der Waals surface area contributed by atoms with Gasteiger partial charge in [0.25, 0.3) is 0 Å². The van der Waals surface area contributed by atoms with Gasteiger partial charge in [-0.05, 0) is 55.8 Å². The van der Waals surface area contributed by atoms with Gasteiger partial charge >= 0.3 is 12.1 Å². The number of nitrogens with zero attached hydrogens (tertiary/aromatic N) is 1. The Kier molecular flexibility index (Phi) is 7.25. The van der Waals surface area contributed by atoms with Gasteiger partial charge in [-0.25, -0.2) is 0 Å². The third-order valence-corrected chi connectivity index (χ3v) is 8.69. The quantitative estimate of drug-likeness (QED) is 0.452. The van der Waals surface area contributed by atoms with Crippen LogP contribution in [-0.4, -0.2) is 64.9 Å². The zero-order valence-corrected chi connectivity index (χ0v) is 22.2. The number of rotatable bonds is 6. The second-order valence-electron chi connectivity index (χ2n) is 12.8. The van der Waals surface area contributed by atoms with E-state index in [-0.39, 0.29) is 35.7 Å². The Morgan fingerprint density at radius 1 is 1.11 bits per heavy atom. The average molecular weight is 539 g/mol. The minimum absolute atomic E-state index is 0.0759. The van der Waals surface area contributed by atoms with Crippen LogP contribution in [0.15, 0.2) is 0 Å². The lowest BCUT2D eigenvalue weighted by Crippen LogP contribution is -2.59. The predicted molar refractivity (Wildman–Crippen MR) is 132 cm³/mol. The molecule has 4 unspecified atom stereocenters. The van der Waals surface area contributed by atoms with Crippen molar-refractivity contribution in [3.05, 3.63) is 0 Å². The van der Waals surface area contributed by atoms with E-state index in [9.17, 15) is 32.3 Å². The number of terminal acetylenes is 1. The van der Waals surface area contributed by atoms with Crippen LogP contribution in [0.1, 0.15) is 78.6 Å². The number of hydrogen-bond donors (Lipinski definition) is 3. The average Bonchev–Trinajstić information content (AvgIpc) is 3.15. The standard InChI is InChI=1S/C27H37F3N4O4/c1-5-17(12-16-13-26(10-11-26)33-20(16)35)31-21(36)18-14-25(8-6-7-9-25)15-34(18)22(37)19(24(2,3)4)32-23(38)27(28,29)30/h1,16-19H,6-15H2,2-4H3,(H,31,36)(H,32,38)(H,33,35). The Balaban J connectivity index is 1.52. The van der Waals surface area contributed by atoms with Gasteiger partial charge in [0.1, 0.15) is 12.1 Å². The Labute approximate surface area is 221 Å². The predicted octanol–water partition coefficient (Wildman–Crippen LogP) is 2.42. The highest BCUT2D eigenvalue weighted by atomic mass is 19.4. The maximum absolute atomic E-state index is 13.7. The molecular weight excluding hydrogens is 501 g/mol. The topological polar surface area (TPSA) is 108 Å². The molecule has 3 N–H and O–H groups in total. The minimum atomic E-state index is -5.15. The summed E-state index contributed by atoms with van der Waals surface area (Å²) in [5, 5.41) is 7.70. The number of likely N-dealkylation sites (tertiary alicyclic amines) is 1. The van der Waals surface area contributed by atoms with Crippen LogP contribution in [0, 0.1) is 29.1 Å². The van der Waals surface area contributed by atoms with E-state index in [0.717, 1.165) is 38.5 Å². The summed E-state index contributed by atoms with van der Waals surface area (Å²) in [6, 6.07) is -3.15. The fourth-order valence-corrected chi connectivity index (χ4v) is 6.41. The van der Waals surface area contributed by atoms with Crippen molar-refractivity contribution in [3.8, 4) is 12.3 Å². The van der Waals surface area contributed by atoms with E-state index >= 15 is 0 Å². The second-order valence-corrected chi connectivity index (χ2v) is 12.8. The van der Waals surface area contributed by atoms with Gasteiger partial charge in [-0.1, -0.05) is 39.5 Å². The molecule has 0 aromatic heterocycles. The van der Waals surface area contributed by atoms with Crippen LogP contribution >= 0.6 is 0 Å². The second kappa shape index (κ2) is 9.76. The molecule has 4 amide bonds. The number of alkyl halides is 3. The molecule has 0 bridgehead atoms. The molecule has 2 spiro atoms. The normalized spacial score (nSPS) is 27.1. The lowest BCUT2D eigenvalue weighted by Gasteiger charge is -2.36. The summed E-state index contributed by atoms with van der Waals surface area (Å²) in [5.74, 6) is -1.25. The van der Waals surface area contributed by atoms with Crippen molar-refractivity contribution >= 4 is 23.6 Å².